The molecule has 118 valence electrons. The van der Waals surface area contributed by atoms with Gasteiger partial charge in [0.2, 0.25) is 0 Å². The second-order valence-corrected chi connectivity index (χ2v) is 5.46. The quantitative estimate of drug-likeness (QED) is 0.636. The molecular weight excluding hydrogens is 282 g/mol. The van der Waals surface area contributed by atoms with E-state index in [4.69, 9.17) is 5.73 Å². The number of anilines is 1. The Hall–Kier alpha value is -2.37. The molecule has 0 spiro atoms. The van der Waals surface area contributed by atoms with Gasteiger partial charge in [0.05, 0.1) is 0 Å². The molecule has 1 aromatic rings. The summed E-state index contributed by atoms with van der Waals surface area (Å²) in [6, 6.07) is 6.24. The van der Waals surface area contributed by atoms with Crippen molar-refractivity contribution in [1.82, 2.24) is 10.2 Å². The minimum atomic E-state index is -0.873. The van der Waals surface area contributed by atoms with Gasteiger partial charge in [-0.25, -0.2) is 0 Å². The number of nitrogens with two attached hydrogens (primary N) is 1. The standard InChI is InChI=1S/C16H21N3O3/c1-2-13-5-3-4-10-19(13)16(22)15(21)18-14(20)11-6-8-12(17)9-7-11/h6-9,13H,2-5,10,17H2,1H3,(H,18,20,21). The molecular formula is C16H21N3O3. The topological polar surface area (TPSA) is 92.5 Å². The molecule has 0 aromatic heterocycles. The van der Waals surface area contributed by atoms with Crippen molar-refractivity contribution in [2.75, 3.05) is 12.3 Å². The molecule has 0 bridgehead atoms. The average molecular weight is 303 g/mol. The Morgan fingerprint density at radius 3 is 2.55 bits per heavy atom. The zero-order chi connectivity index (χ0) is 16.1. The van der Waals surface area contributed by atoms with Gasteiger partial charge in [-0.05, 0) is 49.9 Å². The molecule has 1 aliphatic heterocycles. The number of likely N-dealkylation sites (tertiary alicyclic amines) is 1. The van der Waals surface area contributed by atoms with Crippen LogP contribution in [0.25, 0.3) is 0 Å². The summed E-state index contributed by atoms with van der Waals surface area (Å²) in [5.41, 5.74) is 6.36. The second-order valence-electron chi connectivity index (χ2n) is 5.46. The number of nitrogens with one attached hydrogen (secondary N) is 1. The van der Waals surface area contributed by atoms with Crippen LogP contribution in [-0.2, 0) is 9.59 Å². The molecule has 3 amide bonds. The predicted octanol–water partition coefficient (Wildman–Crippen LogP) is 1.32. The van der Waals surface area contributed by atoms with Crippen molar-refractivity contribution in [3.8, 4) is 0 Å². The minimum Gasteiger partial charge on any atom is -0.399 e. The molecule has 3 N–H and O–H groups in total. The molecule has 1 saturated heterocycles. The smallest absolute Gasteiger partial charge is 0.316 e. The zero-order valence-electron chi connectivity index (χ0n) is 12.7. The van der Waals surface area contributed by atoms with E-state index in [0.29, 0.717) is 17.8 Å². The number of carbonyl (C=O) groups excluding carboxylic acids is 3. The number of rotatable bonds is 2. The summed E-state index contributed by atoms with van der Waals surface area (Å²) >= 11 is 0. The molecule has 1 fully saturated rings. The maximum absolute atomic E-state index is 12.2. The van der Waals surface area contributed by atoms with E-state index in [-0.39, 0.29) is 6.04 Å². The van der Waals surface area contributed by atoms with Crippen LogP contribution in [0.2, 0.25) is 0 Å². The number of piperidine rings is 1. The number of carbonyl (C=O) groups is 3. The molecule has 2 rings (SSSR count). The van der Waals surface area contributed by atoms with Crippen LogP contribution in [-0.4, -0.2) is 35.2 Å². The van der Waals surface area contributed by atoms with Crippen molar-refractivity contribution in [3.63, 3.8) is 0 Å². The van der Waals surface area contributed by atoms with Crippen molar-refractivity contribution in [2.45, 2.75) is 38.6 Å². The molecule has 0 radical (unpaired) electrons. The highest BCUT2D eigenvalue weighted by Crippen LogP contribution is 2.19. The number of nitrogens with zero attached hydrogens (tertiary/aromatic N) is 1. The first-order valence-corrected chi connectivity index (χ1v) is 7.54. The Labute approximate surface area is 129 Å². The summed E-state index contributed by atoms with van der Waals surface area (Å²) in [5.74, 6) is -2.10. The fourth-order valence-corrected chi connectivity index (χ4v) is 2.69. The van der Waals surface area contributed by atoms with Gasteiger partial charge in [-0.3, -0.25) is 19.7 Å². The van der Waals surface area contributed by atoms with E-state index in [9.17, 15) is 14.4 Å². The van der Waals surface area contributed by atoms with Crippen molar-refractivity contribution in [2.24, 2.45) is 0 Å². The summed E-state index contributed by atoms with van der Waals surface area (Å²) in [6.45, 7) is 2.56. The summed E-state index contributed by atoms with van der Waals surface area (Å²) in [6.07, 6.45) is 3.67. The first kappa shape index (κ1) is 16.0. The zero-order valence-corrected chi connectivity index (χ0v) is 12.7. The highest BCUT2D eigenvalue weighted by Gasteiger charge is 2.30. The largest absolute Gasteiger partial charge is 0.399 e. The van der Waals surface area contributed by atoms with Gasteiger partial charge in [0.25, 0.3) is 5.91 Å². The van der Waals surface area contributed by atoms with Crippen LogP contribution in [0.1, 0.15) is 43.0 Å². The Kier molecular flexibility index (Phi) is 5.14. The lowest BCUT2D eigenvalue weighted by atomic mass is 10.00. The molecule has 1 atom stereocenters. The van der Waals surface area contributed by atoms with Crippen LogP contribution in [0.4, 0.5) is 5.69 Å². The van der Waals surface area contributed by atoms with E-state index in [1.54, 1.807) is 17.0 Å². The molecule has 1 heterocycles. The normalized spacial score (nSPS) is 17.9. The second kappa shape index (κ2) is 7.06. The van der Waals surface area contributed by atoms with E-state index in [0.717, 1.165) is 25.7 Å². The lowest BCUT2D eigenvalue weighted by Gasteiger charge is -2.34. The minimum absolute atomic E-state index is 0.0821. The van der Waals surface area contributed by atoms with E-state index in [1.807, 2.05) is 6.92 Å². The van der Waals surface area contributed by atoms with Gasteiger partial charge in [0.1, 0.15) is 0 Å². The molecule has 1 unspecified atom stereocenters. The fourth-order valence-electron chi connectivity index (χ4n) is 2.69. The van der Waals surface area contributed by atoms with Gasteiger partial charge in [0, 0.05) is 23.8 Å². The summed E-state index contributed by atoms with van der Waals surface area (Å²) < 4.78 is 0. The van der Waals surface area contributed by atoms with Gasteiger partial charge in [-0.1, -0.05) is 6.92 Å². The van der Waals surface area contributed by atoms with E-state index < -0.39 is 17.7 Å². The Bertz CT molecular complexity index is 569. The monoisotopic (exact) mass is 303 g/mol. The van der Waals surface area contributed by atoms with Crippen LogP contribution in [0, 0.1) is 0 Å². The molecule has 0 aliphatic carbocycles. The highest BCUT2D eigenvalue weighted by atomic mass is 16.2. The third kappa shape index (κ3) is 3.63. The molecule has 1 aromatic carbocycles. The molecule has 22 heavy (non-hydrogen) atoms. The van der Waals surface area contributed by atoms with Crippen molar-refractivity contribution in [3.05, 3.63) is 29.8 Å². The molecule has 6 nitrogen and oxygen atoms in total. The van der Waals surface area contributed by atoms with Gasteiger partial charge >= 0.3 is 11.8 Å². The third-order valence-electron chi connectivity index (χ3n) is 3.95. The first-order valence-electron chi connectivity index (χ1n) is 7.54. The predicted molar refractivity (Wildman–Crippen MR) is 83.0 cm³/mol. The van der Waals surface area contributed by atoms with Crippen LogP contribution < -0.4 is 11.1 Å². The summed E-state index contributed by atoms with van der Waals surface area (Å²) in [5, 5.41) is 2.15. The van der Waals surface area contributed by atoms with Gasteiger partial charge in [-0.2, -0.15) is 0 Å². The van der Waals surface area contributed by atoms with Crippen LogP contribution in [0.5, 0.6) is 0 Å². The van der Waals surface area contributed by atoms with Crippen LogP contribution in [0.3, 0.4) is 0 Å². The van der Waals surface area contributed by atoms with Crippen LogP contribution in [0.15, 0.2) is 24.3 Å². The Morgan fingerprint density at radius 1 is 1.23 bits per heavy atom. The maximum Gasteiger partial charge on any atom is 0.316 e. The number of benzene rings is 1. The Morgan fingerprint density at radius 2 is 1.91 bits per heavy atom. The number of amides is 3. The number of imide groups is 1. The summed E-state index contributed by atoms with van der Waals surface area (Å²) in [4.78, 5) is 37.8. The van der Waals surface area contributed by atoms with Crippen LogP contribution >= 0.6 is 0 Å². The lowest BCUT2D eigenvalue weighted by Crippen LogP contribution is -2.50. The summed E-state index contributed by atoms with van der Waals surface area (Å²) in [7, 11) is 0. The first-order chi connectivity index (χ1) is 10.5. The van der Waals surface area contributed by atoms with Gasteiger partial charge in [0.15, 0.2) is 0 Å². The Balaban J connectivity index is 2.00. The number of hydrogen-bond acceptors (Lipinski definition) is 4. The SMILES string of the molecule is CCC1CCCCN1C(=O)C(=O)NC(=O)c1ccc(N)cc1. The number of nitrogen functional groups attached to an aromatic ring is 1. The number of hydrogen-bond donors (Lipinski definition) is 2. The molecule has 0 saturated carbocycles. The maximum atomic E-state index is 12.2. The highest BCUT2D eigenvalue weighted by molar-refractivity contribution is 6.38. The van der Waals surface area contributed by atoms with Gasteiger partial charge in [-0.15, -0.1) is 0 Å². The van der Waals surface area contributed by atoms with Crippen molar-refractivity contribution >= 4 is 23.4 Å². The average Bonchev–Trinajstić information content (AvgIpc) is 2.54. The van der Waals surface area contributed by atoms with Crippen molar-refractivity contribution < 1.29 is 14.4 Å². The van der Waals surface area contributed by atoms with E-state index in [2.05, 4.69) is 5.32 Å². The fraction of sp³-hybridized carbons (Fsp3) is 0.438. The van der Waals surface area contributed by atoms with E-state index in [1.165, 1.54) is 12.1 Å². The third-order valence-corrected chi connectivity index (χ3v) is 3.95. The molecule has 6 heteroatoms. The van der Waals surface area contributed by atoms with Crippen molar-refractivity contribution in [1.29, 1.82) is 0 Å². The lowest BCUT2D eigenvalue weighted by molar-refractivity contribution is -0.147. The van der Waals surface area contributed by atoms with Gasteiger partial charge < -0.3 is 10.6 Å². The van der Waals surface area contributed by atoms with E-state index >= 15 is 0 Å². The molecule has 1 aliphatic rings.